The van der Waals surface area contributed by atoms with Gasteiger partial charge >= 0.3 is 6.18 Å². The van der Waals surface area contributed by atoms with Gasteiger partial charge in [0.15, 0.2) is 0 Å². The van der Waals surface area contributed by atoms with Gasteiger partial charge in [-0.1, -0.05) is 12.1 Å². The van der Waals surface area contributed by atoms with E-state index in [1.54, 1.807) is 6.92 Å². The maximum absolute atomic E-state index is 14.1. The maximum Gasteiger partial charge on any atom is 0.419 e. The molecule has 8 heteroatoms. The lowest BCUT2D eigenvalue weighted by Gasteiger charge is -2.18. The fraction of sp³-hybridized carbons (Fsp3) is 0.308. The van der Waals surface area contributed by atoms with Crippen LogP contribution < -0.4 is 5.73 Å². The minimum Gasteiger partial charge on any atom is -0.319 e. The van der Waals surface area contributed by atoms with Gasteiger partial charge in [0.2, 0.25) is 0 Å². The Morgan fingerprint density at radius 3 is 2.62 bits per heavy atom. The molecule has 114 valence electrons. The molecular weight excluding hydrogens is 354 g/mol. The molecule has 2 rings (SSSR count). The van der Waals surface area contributed by atoms with Gasteiger partial charge in [-0.2, -0.15) is 18.3 Å². The van der Waals surface area contributed by atoms with Crippen LogP contribution in [0.1, 0.15) is 29.8 Å². The molecule has 0 radical (unpaired) electrons. The van der Waals surface area contributed by atoms with Crippen LogP contribution in [0.3, 0.4) is 0 Å². The minimum absolute atomic E-state index is 0.222. The molecule has 2 N–H and O–H groups in total. The lowest BCUT2D eigenvalue weighted by atomic mass is 10.0. The third-order valence-corrected chi connectivity index (χ3v) is 3.71. The van der Waals surface area contributed by atoms with Crippen LogP contribution in [0.2, 0.25) is 0 Å². The summed E-state index contributed by atoms with van der Waals surface area (Å²) in [6, 6.07) is 2.03. The number of halogens is 5. The smallest absolute Gasteiger partial charge is 0.319 e. The first-order chi connectivity index (χ1) is 9.77. The van der Waals surface area contributed by atoms with Gasteiger partial charge in [0, 0.05) is 12.1 Å². The van der Waals surface area contributed by atoms with E-state index < -0.39 is 23.6 Å². The molecule has 1 unspecified atom stereocenters. The van der Waals surface area contributed by atoms with E-state index in [0.717, 1.165) is 6.07 Å². The van der Waals surface area contributed by atoms with Crippen molar-refractivity contribution in [3.63, 3.8) is 0 Å². The molecule has 0 amide bonds. The monoisotopic (exact) mass is 365 g/mol. The molecule has 0 aliphatic carbocycles. The first-order valence-electron chi connectivity index (χ1n) is 6.09. The van der Waals surface area contributed by atoms with Crippen LogP contribution in [0.4, 0.5) is 17.6 Å². The van der Waals surface area contributed by atoms with E-state index in [2.05, 4.69) is 21.0 Å². The molecule has 0 bridgehead atoms. The van der Waals surface area contributed by atoms with Crippen LogP contribution in [0.25, 0.3) is 0 Å². The van der Waals surface area contributed by atoms with Gasteiger partial charge in [-0.05, 0) is 28.9 Å². The van der Waals surface area contributed by atoms with Gasteiger partial charge in [-0.25, -0.2) is 4.39 Å². The van der Waals surface area contributed by atoms with E-state index >= 15 is 0 Å². The molecule has 0 aliphatic rings. The van der Waals surface area contributed by atoms with Crippen molar-refractivity contribution in [3.8, 4) is 0 Å². The molecule has 3 nitrogen and oxygen atoms in total. The van der Waals surface area contributed by atoms with Crippen molar-refractivity contribution in [3.05, 3.63) is 51.5 Å². The summed E-state index contributed by atoms with van der Waals surface area (Å²) < 4.78 is 54.4. The predicted octanol–water partition coefficient (Wildman–Crippen LogP) is 3.87. The Hall–Kier alpha value is -1.41. The molecule has 0 fully saturated rings. The second kappa shape index (κ2) is 5.76. The van der Waals surface area contributed by atoms with Gasteiger partial charge in [0.25, 0.3) is 0 Å². The lowest BCUT2D eigenvalue weighted by molar-refractivity contribution is -0.140. The summed E-state index contributed by atoms with van der Waals surface area (Å²) in [5.74, 6) is -1.35. The highest BCUT2D eigenvalue weighted by Crippen LogP contribution is 2.35. The molecule has 2 aromatic rings. The van der Waals surface area contributed by atoms with E-state index in [0.29, 0.717) is 22.8 Å². The normalized spacial score (nSPS) is 13.5. The summed E-state index contributed by atoms with van der Waals surface area (Å²) >= 11 is 3.23. The van der Waals surface area contributed by atoms with Crippen molar-refractivity contribution in [1.82, 2.24) is 9.78 Å². The summed E-state index contributed by atoms with van der Waals surface area (Å²) in [7, 11) is 0. The Kier molecular flexibility index (Phi) is 4.38. The van der Waals surface area contributed by atoms with Gasteiger partial charge in [-0.3, -0.25) is 4.68 Å². The van der Waals surface area contributed by atoms with E-state index in [1.807, 2.05) is 0 Å². The first kappa shape index (κ1) is 16.0. The van der Waals surface area contributed by atoms with Gasteiger partial charge in [0.1, 0.15) is 5.82 Å². The molecule has 0 saturated heterocycles. The fourth-order valence-electron chi connectivity index (χ4n) is 2.09. The third-order valence-electron chi connectivity index (χ3n) is 3.10. The summed E-state index contributed by atoms with van der Waals surface area (Å²) in [4.78, 5) is 0. The molecule has 1 atom stereocenters. The summed E-state index contributed by atoms with van der Waals surface area (Å²) in [6.45, 7) is 2.27. The number of benzene rings is 1. The highest BCUT2D eigenvalue weighted by atomic mass is 79.9. The zero-order valence-corrected chi connectivity index (χ0v) is 12.5. The first-order valence-corrected chi connectivity index (χ1v) is 6.89. The molecule has 1 heterocycles. The molecule has 1 aromatic carbocycles. The molecule has 1 aromatic heterocycles. The van der Waals surface area contributed by atoms with Crippen LogP contribution >= 0.6 is 15.9 Å². The highest BCUT2D eigenvalue weighted by Gasteiger charge is 2.36. The van der Waals surface area contributed by atoms with Crippen molar-refractivity contribution < 1.29 is 17.6 Å². The number of aromatic nitrogens is 2. The number of nitrogens with zero attached hydrogens (tertiary/aromatic N) is 2. The Bertz CT molecular complexity index is 651. The predicted molar refractivity (Wildman–Crippen MR) is 73.0 cm³/mol. The SMILES string of the molecule is CCn1ncc(Br)c1C(N)c1cccc(C(F)(F)F)c1F. The second-order valence-corrected chi connectivity index (χ2v) is 5.23. The molecular formula is C13H12BrF4N3. The average molecular weight is 366 g/mol. The van der Waals surface area contributed by atoms with E-state index in [4.69, 9.17) is 5.73 Å². The fourth-order valence-corrected chi connectivity index (χ4v) is 2.63. The Balaban J connectivity index is 2.54. The van der Waals surface area contributed by atoms with E-state index in [-0.39, 0.29) is 5.56 Å². The second-order valence-electron chi connectivity index (χ2n) is 4.38. The highest BCUT2D eigenvalue weighted by molar-refractivity contribution is 9.10. The van der Waals surface area contributed by atoms with Gasteiger partial charge in [0.05, 0.1) is 28.0 Å². The largest absolute Gasteiger partial charge is 0.419 e. The summed E-state index contributed by atoms with van der Waals surface area (Å²) in [5, 5.41) is 4.03. The lowest BCUT2D eigenvalue weighted by Crippen LogP contribution is -2.20. The van der Waals surface area contributed by atoms with Crippen LogP contribution in [0.15, 0.2) is 28.9 Å². The molecule has 0 saturated carbocycles. The zero-order chi connectivity index (χ0) is 15.8. The number of alkyl halides is 3. The Morgan fingerprint density at radius 2 is 2.05 bits per heavy atom. The van der Waals surface area contributed by atoms with Crippen LogP contribution in [-0.4, -0.2) is 9.78 Å². The Labute approximate surface area is 126 Å². The van der Waals surface area contributed by atoms with Crippen LogP contribution in [-0.2, 0) is 12.7 Å². The van der Waals surface area contributed by atoms with Crippen molar-refractivity contribution in [2.45, 2.75) is 25.7 Å². The number of hydrogen-bond donors (Lipinski definition) is 1. The maximum atomic E-state index is 14.1. The van der Waals surface area contributed by atoms with Crippen molar-refractivity contribution in [2.75, 3.05) is 0 Å². The molecule has 0 aliphatic heterocycles. The van der Waals surface area contributed by atoms with Crippen molar-refractivity contribution in [1.29, 1.82) is 0 Å². The molecule has 21 heavy (non-hydrogen) atoms. The third kappa shape index (κ3) is 2.96. The van der Waals surface area contributed by atoms with Crippen molar-refractivity contribution >= 4 is 15.9 Å². The molecule has 0 spiro atoms. The van der Waals surface area contributed by atoms with Crippen LogP contribution in [0.5, 0.6) is 0 Å². The standard InChI is InChI=1S/C13H12BrF4N3/c1-2-21-12(9(14)6-20-21)11(19)7-4-3-5-8(10(7)15)13(16,17)18/h3-6,11H,2,19H2,1H3. The topological polar surface area (TPSA) is 43.8 Å². The van der Waals surface area contributed by atoms with E-state index in [9.17, 15) is 17.6 Å². The minimum atomic E-state index is -4.76. The average Bonchev–Trinajstić information content (AvgIpc) is 2.78. The van der Waals surface area contributed by atoms with Gasteiger partial charge in [-0.15, -0.1) is 0 Å². The number of aryl methyl sites for hydroxylation is 1. The van der Waals surface area contributed by atoms with Crippen LogP contribution in [0, 0.1) is 5.82 Å². The zero-order valence-electron chi connectivity index (χ0n) is 11.0. The Morgan fingerprint density at radius 1 is 1.38 bits per heavy atom. The number of hydrogen-bond acceptors (Lipinski definition) is 2. The quantitative estimate of drug-likeness (QED) is 0.839. The van der Waals surface area contributed by atoms with E-state index in [1.165, 1.54) is 16.9 Å². The summed E-state index contributed by atoms with van der Waals surface area (Å²) in [5.41, 5.74) is 4.83. The number of rotatable bonds is 3. The summed E-state index contributed by atoms with van der Waals surface area (Å²) in [6.07, 6.45) is -3.29. The number of nitrogens with two attached hydrogens (primary N) is 1. The van der Waals surface area contributed by atoms with Crippen molar-refractivity contribution in [2.24, 2.45) is 5.73 Å². The van der Waals surface area contributed by atoms with Gasteiger partial charge < -0.3 is 5.73 Å².